The van der Waals surface area contributed by atoms with Gasteiger partial charge in [0.1, 0.15) is 23.8 Å². The highest BCUT2D eigenvalue weighted by Crippen LogP contribution is 2.45. The van der Waals surface area contributed by atoms with Crippen molar-refractivity contribution in [3.63, 3.8) is 0 Å². The van der Waals surface area contributed by atoms with E-state index in [0.29, 0.717) is 9.13 Å². The predicted molar refractivity (Wildman–Crippen MR) is 179 cm³/mol. The average Bonchev–Trinajstić information content (AvgIpc) is 3.52. The van der Waals surface area contributed by atoms with Crippen LogP contribution in [0.15, 0.2) is 94.8 Å². The van der Waals surface area contributed by atoms with E-state index in [-0.39, 0.29) is 41.6 Å². The van der Waals surface area contributed by atoms with Gasteiger partial charge in [0.2, 0.25) is 12.5 Å². The molecule has 2 aliphatic heterocycles. The summed E-state index contributed by atoms with van der Waals surface area (Å²) in [4.78, 5) is 54.9. The third-order valence-corrected chi connectivity index (χ3v) is 7.98. The van der Waals surface area contributed by atoms with Gasteiger partial charge in [-0.2, -0.15) is 27.5 Å². The van der Waals surface area contributed by atoms with Crippen molar-refractivity contribution in [2.24, 2.45) is 0 Å². The highest BCUT2D eigenvalue weighted by molar-refractivity contribution is 5.90. The second-order valence-corrected chi connectivity index (χ2v) is 11.5. The number of nitrogen functional groups attached to an aromatic ring is 2. The van der Waals surface area contributed by atoms with Crippen molar-refractivity contribution in [1.82, 2.24) is 19.1 Å². The quantitative estimate of drug-likeness (QED) is 0.174. The fraction of sp³-hybridized carbons (Fsp3) is 0.333. The lowest BCUT2D eigenvalue weighted by Crippen LogP contribution is -2.44. The van der Waals surface area contributed by atoms with Crippen LogP contribution in [0, 0.1) is 0 Å². The molecule has 0 spiro atoms. The Morgan fingerprint density at radius 1 is 0.736 bits per heavy atom. The molecule has 4 heterocycles. The molecule has 20 heteroatoms. The molecule has 2 unspecified atom stereocenters. The fourth-order valence-corrected chi connectivity index (χ4v) is 5.42. The number of benzene rings is 2. The van der Waals surface area contributed by atoms with Gasteiger partial charge < -0.3 is 35.5 Å². The van der Waals surface area contributed by atoms with Crippen molar-refractivity contribution in [3.8, 4) is 0 Å². The molecular formula is C33H33ClF4N6O9. The minimum absolute atomic E-state index is 0. The summed E-state index contributed by atoms with van der Waals surface area (Å²) in [5.74, 6) is -9.54. The zero-order chi connectivity index (χ0) is 37.8. The molecule has 5 N–H and O–H groups in total. The van der Waals surface area contributed by atoms with Crippen LogP contribution in [0.5, 0.6) is 0 Å². The number of hydrogen-bond acceptors (Lipinski definition) is 13. The highest BCUT2D eigenvalue weighted by Gasteiger charge is 2.63. The number of aromatic nitrogens is 4. The van der Waals surface area contributed by atoms with Gasteiger partial charge in [-0.15, -0.1) is 12.4 Å². The van der Waals surface area contributed by atoms with Crippen LogP contribution in [0.2, 0.25) is 0 Å². The van der Waals surface area contributed by atoms with Crippen LogP contribution in [0.1, 0.15) is 46.5 Å². The van der Waals surface area contributed by atoms with Gasteiger partial charge in [-0.25, -0.2) is 19.2 Å². The molecule has 0 bridgehead atoms. The Bertz CT molecular complexity index is 1870. The molecule has 2 aliphatic rings. The summed E-state index contributed by atoms with van der Waals surface area (Å²) in [6.07, 6.45) is -8.33. The lowest BCUT2D eigenvalue weighted by atomic mass is 10.1. The normalized spacial score (nSPS) is 23.9. The van der Waals surface area contributed by atoms with E-state index in [4.69, 9.17) is 30.4 Å². The zero-order valence-corrected chi connectivity index (χ0v) is 28.4. The van der Waals surface area contributed by atoms with Gasteiger partial charge in [0.15, 0.2) is 12.2 Å². The van der Waals surface area contributed by atoms with E-state index >= 15 is 0 Å². The largest absolute Gasteiger partial charge is 0.449 e. The molecule has 0 radical (unpaired) electrons. The molecule has 0 aliphatic carbocycles. The first-order chi connectivity index (χ1) is 24.7. The summed E-state index contributed by atoms with van der Waals surface area (Å²) in [5, 5.41) is 9.36. The van der Waals surface area contributed by atoms with Crippen molar-refractivity contribution in [1.29, 1.82) is 0 Å². The third-order valence-electron chi connectivity index (χ3n) is 7.98. The van der Waals surface area contributed by atoms with E-state index < -0.39 is 78.6 Å². The lowest BCUT2D eigenvalue weighted by Gasteiger charge is -2.24. The molecule has 53 heavy (non-hydrogen) atoms. The van der Waals surface area contributed by atoms with Crippen molar-refractivity contribution < 1.29 is 51.2 Å². The summed E-state index contributed by atoms with van der Waals surface area (Å²) >= 11 is 0. The van der Waals surface area contributed by atoms with Crippen molar-refractivity contribution in [2.45, 2.75) is 62.1 Å². The molecule has 284 valence electrons. The standard InChI is InChI=1S/C17H17F2N3O4.C16H15F2N3O5.ClH/c1-2-11-13(26-14(23)10-6-4-3-5-7-10)17(18,19)15(25-11)22-9-8-12(20)21-16(22)24;17-16(18)12(26-13(23)9-4-2-1-3-5-9)10(8-22)25-14(16)21-7-6-11(19)20-15(21)24;/h3-9,11,13,15H,2H2,1H3,(H2,20,21,24);1-7,10,12,14,22H,8H2,(H2,19,20,24);1H/t11-,13?,15-;10-,12?,14-;/m11./s1. The van der Waals surface area contributed by atoms with Gasteiger partial charge in [-0.05, 0) is 42.8 Å². The summed E-state index contributed by atoms with van der Waals surface area (Å²) in [6, 6.07) is 17.7. The molecule has 2 saturated heterocycles. The highest BCUT2D eigenvalue weighted by atomic mass is 35.5. The van der Waals surface area contributed by atoms with Crippen molar-refractivity contribution >= 4 is 36.0 Å². The SMILES string of the molecule is CC[C@H]1O[C@@H](n2ccc(N)nc2=O)C(F)(F)C1OC(=O)c1ccccc1.Cl.Nc1ccn([C@@H]2O[C@H](CO)C(OC(=O)c3ccccc3)C2(F)F)c(=O)n1. The lowest BCUT2D eigenvalue weighted by molar-refractivity contribution is -0.142. The van der Waals surface area contributed by atoms with Crippen LogP contribution in [-0.4, -0.2) is 79.0 Å². The van der Waals surface area contributed by atoms with E-state index in [1.807, 2.05) is 0 Å². The molecule has 2 fully saturated rings. The van der Waals surface area contributed by atoms with Crippen molar-refractivity contribution in [2.75, 3.05) is 18.1 Å². The molecule has 6 rings (SSSR count). The van der Waals surface area contributed by atoms with Crippen molar-refractivity contribution in [3.05, 3.63) is 117 Å². The van der Waals surface area contributed by atoms with Gasteiger partial charge in [0.05, 0.1) is 17.7 Å². The van der Waals surface area contributed by atoms with Crippen LogP contribution in [0.4, 0.5) is 29.2 Å². The molecule has 4 aromatic rings. The number of hydrogen-bond donors (Lipinski definition) is 3. The Morgan fingerprint density at radius 2 is 1.11 bits per heavy atom. The number of carbonyl (C=O) groups is 2. The number of aliphatic hydroxyl groups excluding tert-OH is 1. The van der Waals surface area contributed by atoms with Gasteiger partial charge in [0.25, 0.3) is 0 Å². The number of alkyl halides is 4. The van der Waals surface area contributed by atoms with Crippen LogP contribution >= 0.6 is 12.4 Å². The number of anilines is 2. The van der Waals surface area contributed by atoms with E-state index in [1.165, 1.54) is 30.3 Å². The smallest absolute Gasteiger partial charge is 0.351 e. The van der Waals surface area contributed by atoms with E-state index in [2.05, 4.69) is 9.97 Å². The topological polar surface area (TPSA) is 213 Å². The molecule has 0 amide bonds. The molecule has 2 aromatic carbocycles. The minimum atomic E-state index is -3.79. The second kappa shape index (κ2) is 16.5. The molecule has 0 saturated carbocycles. The number of esters is 2. The first-order valence-electron chi connectivity index (χ1n) is 15.6. The van der Waals surface area contributed by atoms with Gasteiger partial charge in [-0.3, -0.25) is 9.13 Å². The number of nitrogens with two attached hydrogens (primary N) is 2. The van der Waals surface area contributed by atoms with Gasteiger partial charge >= 0.3 is 35.2 Å². The minimum Gasteiger partial charge on any atom is -0.449 e. The summed E-state index contributed by atoms with van der Waals surface area (Å²) in [6.45, 7) is 0.784. The fourth-order valence-electron chi connectivity index (χ4n) is 5.42. The average molecular weight is 769 g/mol. The third kappa shape index (κ3) is 8.48. The maximum absolute atomic E-state index is 14.9. The van der Waals surface area contributed by atoms with E-state index in [9.17, 15) is 41.8 Å². The van der Waals surface area contributed by atoms with Crippen LogP contribution in [0.25, 0.3) is 0 Å². The van der Waals surface area contributed by atoms with Gasteiger partial charge in [0, 0.05) is 12.4 Å². The van der Waals surface area contributed by atoms with E-state index in [0.717, 1.165) is 18.5 Å². The molecule has 2 aromatic heterocycles. The first kappa shape index (κ1) is 40.4. The number of ether oxygens (including phenoxy) is 4. The first-order valence-corrected chi connectivity index (χ1v) is 15.6. The Morgan fingerprint density at radius 3 is 1.47 bits per heavy atom. The number of halogens is 5. The molecule has 15 nitrogen and oxygen atoms in total. The maximum Gasteiger partial charge on any atom is 0.351 e. The predicted octanol–water partition coefficient (Wildman–Crippen LogP) is 2.99. The van der Waals surface area contributed by atoms with Crippen LogP contribution < -0.4 is 22.8 Å². The van der Waals surface area contributed by atoms with E-state index in [1.54, 1.807) is 43.3 Å². The summed E-state index contributed by atoms with van der Waals surface area (Å²) in [5.41, 5.74) is 8.91. The summed E-state index contributed by atoms with van der Waals surface area (Å²) < 4.78 is 81.1. The Balaban J connectivity index is 0.000000232. The Labute approximate surface area is 303 Å². The van der Waals surface area contributed by atoms with Gasteiger partial charge in [-0.1, -0.05) is 43.3 Å². The molecule has 6 atom stereocenters. The van der Waals surface area contributed by atoms with Crippen LogP contribution in [0.3, 0.4) is 0 Å². The monoisotopic (exact) mass is 768 g/mol. The second-order valence-electron chi connectivity index (χ2n) is 11.5. The maximum atomic E-state index is 14.9. The number of nitrogens with zero attached hydrogens (tertiary/aromatic N) is 4. The van der Waals surface area contributed by atoms with Crippen LogP contribution in [-0.2, 0) is 18.9 Å². The molecular weight excluding hydrogens is 736 g/mol. The number of carbonyl (C=O) groups excluding carboxylic acids is 2. The summed E-state index contributed by atoms with van der Waals surface area (Å²) in [7, 11) is 0. The zero-order valence-electron chi connectivity index (χ0n) is 27.5. The Kier molecular flexibility index (Phi) is 12.6. The number of aliphatic hydroxyl groups is 1. The number of rotatable bonds is 8. The Hall–Kier alpha value is -5.37.